The van der Waals surface area contributed by atoms with E-state index in [1.54, 1.807) is 0 Å². The molecule has 0 amide bonds. The fourth-order valence-electron chi connectivity index (χ4n) is 3.35. The predicted molar refractivity (Wildman–Crippen MR) is 125 cm³/mol. The van der Waals surface area contributed by atoms with Crippen molar-refractivity contribution in [1.82, 2.24) is 9.97 Å². The molecule has 0 atom stereocenters. The van der Waals surface area contributed by atoms with Gasteiger partial charge in [-0.1, -0.05) is 72.3 Å². The summed E-state index contributed by atoms with van der Waals surface area (Å²) in [6.07, 6.45) is -3.30. The first kappa shape index (κ1) is 22.4. The zero-order valence-electron chi connectivity index (χ0n) is 17.1. The minimum atomic E-state index is -4.59. The molecule has 0 aliphatic rings. The first-order valence-corrected chi connectivity index (χ1v) is 10.3. The van der Waals surface area contributed by atoms with Crippen molar-refractivity contribution in [2.45, 2.75) is 12.2 Å². The first-order chi connectivity index (χ1) is 15.8. The molecule has 1 aromatic heterocycles. The molecule has 0 fully saturated rings. The van der Waals surface area contributed by atoms with Crippen LogP contribution in [0.25, 0.3) is 0 Å². The van der Waals surface area contributed by atoms with E-state index in [2.05, 4.69) is 20.6 Å². The van der Waals surface area contributed by atoms with Gasteiger partial charge in [-0.2, -0.15) is 13.2 Å². The van der Waals surface area contributed by atoms with Crippen LogP contribution in [0.4, 0.5) is 36.2 Å². The summed E-state index contributed by atoms with van der Waals surface area (Å²) in [6.45, 7) is 0. The molecule has 4 N–H and O–H groups in total. The van der Waals surface area contributed by atoms with Gasteiger partial charge in [-0.15, -0.1) is 0 Å². The van der Waals surface area contributed by atoms with E-state index in [9.17, 15) is 13.2 Å². The van der Waals surface area contributed by atoms with Crippen LogP contribution in [-0.4, -0.2) is 9.97 Å². The van der Waals surface area contributed by atoms with Crippen LogP contribution in [0.2, 0.25) is 5.02 Å². The van der Waals surface area contributed by atoms with Crippen LogP contribution in [-0.2, 0) is 6.18 Å². The van der Waals surface area contributed by atoms with Crippen LogP contribution in [0, 0.1) is 0 Å². The van der Waals surface area contributed by atoms with Crippen molar-refractivity contribution < 1.29 is 13.2 Å². The Morgan fingerprint density at radius 2 is 1.39 bits per heavy atom. The lowest BCUT2D eigenvalue weighted by atomic mass is 9.99. The molecule has 0 bridgehead atoms. The van der Waals surface area contributed by atoms with Crippen molar-refractivity contribution in [2.24, 2.45) is 0 Å². The van der Waals surface area contributed by atoms with Gasteiger partial charge in [0, 0.05) is 5.69 Å². The van der Waals surface area contributed by atoms with Gasteiger partial charge in [0.05, 0.1) is 16.6 Å². The molecule has 33 heavy (non-hydrogen) atoms. The van der Waals surface area contributed by atoms with Crippen molar-refractivity contribution in [1.29, 1.82) is 0 Å². The molecule has 5 nitrogen and oxygen atoms in total. The zero-order chi connectivity index (χ0) is 23.4. The minimum absolute atomic E-state index is 0.144. The number of hydrogen-bond acceptors (Lipinski definition) is 5. The number of benzene rings is 3. The van der Waals surface area contributed by atoms with Gasteiger partial charge in [0.2, 0.25) is 0 Å². The molecule has 3 aromatic carbocycles. The smallest absolute Gasteiger partial charge is 0.393 e. The van der Waals surface area contributed by atoms with Crippen molar-refractivity contribution in [3.63, 3.8) is 0 Å². The highest BCUT2D eigenvalue weighted by molar-refractivity contribution is 6.31. The van der Waals surface area contributed by atoms with Crippen molar-refractivity contribution in [2.75, 3.05) is 16.4 Å². The monoisotopic (exact) mass is 469 g/mol. The lowest BCUT2D eigenvalue weighted by Crippen LogP contribution is -2.15. The molecule has 168 valence electrons. The Morgan fingerprint density at radius 3 is 1.97 bits per heavy atom. The Balaban J connectivity index is 1.66. The maximum absolute atomic E-state index is 13.2. The van der Waals surface area contributed by atoms with Crippen LogP contribution in [0.1, 0.15) is 22.7 Å². The summed E-state index contributed by atoms with van der Waals surface area (Å²) in [5, 5.41) is 5.77. The van der Waals surface area contributed by atoms with Gasteiger partial charge in [-0.25, -0.2) is 9.97 Å². The van der Waals surface area contributed by atoms with Gasteiger partial charge in [0.1, 0.15) is 12.0 Å². The number of hydrogen-bond donors (Lipinski definition) is 3. The van der Waals surface area contributed by atoms with Crippen LogP contribution in [0.3, 0.4) is 0 Å². The number of nitrogen functional groups attached to an aromatic ring is 1. The van der Waals surface area contributed by atoms with Crippen LogP contribution >= 0.6 is 11.6 Å². The second kappa shape index (κ2) is 9.38. The van der Waals surface area contributed by atoms with Gasteiger partial charge in [-0.05, 0) is 29.3 Å². The number of rotatable bonds is 6. The molecule has 0 unspecified atom stereocenters. The molecule has 1 heterocycles. The minimum Gasteiger partial charge on any atom is -0.393 e. The van der Waals surface area contributed by atoms with E-state index in [1.807, 2.05) is 60.7 Å². The second-order valence-corrected chi connectivity index (χ2v) is 7.61. The summed E-state index contributed by atoms with van der Waals surface area (Å²) >= 11 is 5.71. The van der Waals surface area contributed by atoms with Gasteiger partial charge in [-0.3, -0.25) is 0 Å². The fourth-order valence-corrected chi connectivity index (χ4v) is 3.58. The molecule has 0 spiro atoms. The van der Waals surface area contributed by atoms with E-state index in [-0.39, 0.29) is 28.3 Å². The SMILES string of the molecule is Nc1c(Nc2ccc(Cl)c(C(F)(F)F)c2)ncnc1NC(c1ccccc1)c1ccccc1. The van der Waals surface area contributed by atoms with Gasteiger partial charge < -0.3 is 16.4 Å². The van der Waals surface area contributed by atoms with Crippen LogP contribution in [0.15, 0.2) is 85.2 Å². The van der Waals surface area contributed by atoms with E-state index in [0.717, 1.165) is 17.2 Å². The van der Waals surface area contributed by atoms with E-state index in [4.69, 9.17) is 17.3 Å². The standard InChI is InChI=1S/C24H19ClF3N5/c25-19-12-11-17(13-18(19)24(26,27)28)32-22-20(29)23(31-14-30-22)33-21(15-7-3-1-4-8-15)16-9-5-2-6-10-16/h1-14,21H,29H2,(H2,30,31,32,33). The molecule has 9 heteroatoms. The Bertz CT molecular complexity index is 1190. The van der Waals surface area contributed by atoms with Crippen LogP contribution < -0.4 is 16.4 Å². The molecular weight excluding hydrogens is 451 g/mol. The van der Waals surface area contributed by atoms with Gasteiger partial charge in [0.15, 0.2) is 11.6 Å². The Hall–Kier alpha value is -3.78. The number of nitrogens with zero attached hydrogens (tertiary/aromatic N) is 2. The number of aromatic nitrogens is 2. The molecule has 0 aliphatic heterocycles. The Labute approximate surface area is 193 Å². The fraction of sp³-hybridized carbons (Fsp3) is 0.0833. The predicted octanol–water partition coefficient (Wildman–Crippen LogP) is 6.68. The number of anilines is 4. The second-order valence-electron chi connectivity index (χ2n) is 7.20. The highest BCUT2D eigenvalue weighted by atomic mass is 35.5. The Morgan fingerprint density at radius 1 is 0.818 bits per heavy atom. The summed E-state index contributed by atoms with van der Waals surface area (Å²) in [7, 11) is 0. The number of alkyl halides is 3. The maximum Gasteiger partial charge on any atom is 0.417 e. The quantitative estimate of drug-likeness (QED) is 0.294. The molecular formula is C24H19ClF3N5. The van der Waals surface area contributed by atoms with E-state index >= 15 is 0 Å². The van der Waals surface area contributed by atoms with Gasteiger partial charge in [0.25, 0.3) is 0 Å². The summed E-state index contributed by atoms with van der Waals surface area (Å²) in [4.78, 5) is 8.35. The van der Waals surface area contributed by atoms with E-state index in [0.29, 0.717) is 5.82 Å². The average molecular weight is 470 g/mol. The Kier molecular flexibility index (Phi) is 6.37. The third kappa shape index (κ3) is 5.18. The van der Waals surface area contributed by atoms with E-state index in [1.165, 1.54) is 18.5 Å². The van der Waals surface area contributed by atoms with Crippen molar-refractivity contribution in [3.05, 3.63) is 107 Å². The number of nitrogens with two attached hydrogens (primary N) is 1. The lowest BCUT2D eigenvalue weighted by molar-refractivity contribution is -0.137. The summed E-state index contributed by atoms with van der Waals surface area (Å²) < 4.78 is 39.6. The van der Waals surface area contributed by atoms with Crippen molar-refractivity contribution in [3.8, 4) is 0 Å². The van der Waals surface area contributed by atoms with Gasteiger partial charge >= 0.3 is 6.18 Å². The maximum atomic E-state index is 13.2. The van der Waals surface area contributed by atoms with Crippen molar-refractivity contribution >= 4 is 34.6 Å². The molecule has 0 saturated heterocycles. The third-order valence-electron chi connectivity index (χ3n) is 4.97. The summed E-state index contributed by atoms with van der Waals surface area (Å²) in [5.41, 5.74) is 7.63. The van der Waals surface area contributed by atoms with Crippen LogP contribution in [0.5, 0.6) is 0 Å². The topological polar surface area (TPSA) is 75.9 Å². The lowest BCUT2D eigenvalue weighted by Gasteiger charge is -2.22. The first-order valence-electron chi connectivity index (χ1n) is 9.93. The molecule has 4 aromatic rings. The third-order valence-corrected chi connectivity index (χ3v) is 5.29. The van der Waals surface area contributed by atoms with E-state index < -0.39 is 11.7 Å². The summed E-state index contributed by atoms with van der Waals surface area (Å²) in [5.74, 6) is 0.512. The zero-order valence-corrected chi connectivity index (χ0v) is 17.9. The molecule has 0 radical (unpaired) electrons. The number of nitrogens with one attached hydrogen (secondary N) is 2. The highest BCUT2D eigenvalue weighted by Gasteiger charge is 2.33. The number of halogens is 4. The molecule has 0 aliphatic carbocycles. The normalized spacial score (nSPS) is 11.4. The summed E-state index contributed by atoms with van der Waals surface area (Å²) in [6, 6.07) is 22.7. The highest BCUT2D eigenvalue weighted by Crippen LogP contribution is 2.37. The molecule has 4 rings (SSSR count). The molecule has 0 saturated carbocycles. The largest absolute Gasteiger partial charge is 0.417 e. The average Bonchev–Trinajstić information content (AvgIpc) is 2.81.